The fourth-order valence-electron chi connectivity index (χ4n) is 2.69. The van der Waals surface area contributed by atoms with Crippen molar-refractivity contribution in [2.24, 2.45) is 0 Å². The Morgan fingerprint density at radius 1 is 0.345 bits per heavy atom. The summed E-state index contributed by atoms with van der Waals surface area (Å²) in [5.74, 6) is 0. The first-order valence-electron chi connectivity index (χ1n) is 9.21. The van der Waals surface area contributed by atoms with Crippen molar-refractivity contribution in [3.05, 3.63) is 103 Å². The van der Waals surface area contributed by atoms with E-state index >= 15 is 0 Å². The van der Waals surface area contributed by atoms with Crippen LogP contribution in [0.3, 0.4) is 0 Å². The predicted molar refractivity (Wildman–Crippen MR) is 130 cm³/mol. The monoisotopic (exact) mass is 448 g/mol. The van der Waals surface area contributed by atoms with Crippen LogP contribution < -0.4 is 0 Å². The van der Waals surface area contributed by atoms with Crippen molar-refractivity contribution in [2.75, 3.05) is 6.26 Å². The van der Waals surface area contributed by atoms with Gasteiger partial charge in [0.1, 0.15) is 0 Å². The highest BCUT2D eigenvalue weighted by molar-refractivity contribution is 8.00. The van der Waals surface area contributed by atoms with Gasteiger partial charge in [0.25, 0.3) is 0 Å². The van der Waals surface area contributed by atoms with E-state index in [0.29, 0.717) is 0 Å². The van der Waals surface area contributed by atoms with Crippen LogP contribution in [0.2, 0.25) is 0 Å². The first-order chi connectivity index (χ1) is 14.3. The van der Waals surface area contributed by atoms with Crippen LogP contribution in [0.25, 0.3) is 0 Å². The van der Waals surface area contributed by atoms with Crippen molar-refractivity contribution < 1.29 is 0 Å². The van der Waals surface area contributed by atoms with Crippen molar-refractivity contribution in [3.8, 4) is 0 Å². The van der Waals surface area contributed by atoms with Crippen LogP contribution in [0.5, 0.6) is 0 Å². The maximum absolute atomic E-state index is 2.20. The van der Waals surface area contributed by atoms with E-state index in [0.717, 1.165) is 0 Å². The lowest BCUT2D eigenvalue weighted by molar-refractivity contribution is 1.30. The molecule has 4 aromatic rings. The largest absolute Gasteiger partial charge is 0.130 e. The Hall–Kier alpha value is -1.72. The van der Waals surface area contributed by atoms with Crippen LogP contribution in [0.15, 0.2) is 137 Å². The molecular weight excluding hydrogens is 429 g/mol. The standard InChI is InChI=1S/C25H20S4/c1-26-19-7-9-21(10-8-19)28-23-15-17-25(18-16-23)29-24-13-11-22(12-14-24)27-20-5-3-2-4-6-20/h2-18H,1H3. The van der Waals surface area contributed by atoms with Crippen molar-refractivity contribution >= 4 is 47.0 Å². The lowest BCUT2D eigenvalue weighted by atomic mass is 10.4. The second-order valence-electron chi connectivity index (χ2n) is 6.24. The SMILES string of the molecule is CSc1ccc(Sc2ccc(Sc3ccc(Sc4ccccc4)cc3)cc2)cc1. The van der Waals surface area contributed by atoms with Gasteiger partial charge < -0.3 is 0 Å². The minimum absolute atomic E-state index is 1.26. The lowest BCUT2D eigenvalue weighted by Gasteiger charge is -2.06. The van der Waals surface area contributed by atoms with Crippen LogP contribution >= 0.6 is 47.0 Å². The summed E-state index contributed by atoms with van der Waals surface area (Å²) in [6.45, 7) is 0. The second kappa shape index (κ2) is 10.4. The summed E-state index contributed by atoms with van der Waals surface area (Å²) in [5.41, 5.74) is 0. The molecule has 0 saturated heterocycles. The Morgan fingerprint density at radius 3 is 0.931 bits per heavy atom. The van der Waals surface area contributed by atoms with Gasteiger partial charge in [-0.1, -0.05) is 53.5 Å². The zero-order valence-corrected chi connectivity index (χ0v) is 19.2. The molecule has 0 atom stereocenters. The molecule has 0 aliphatic heterocycles. The molecule has 0 fully saturated rings. The van der Waals surface area contributed by atoms with Crippen LogP contribution in [0, 0.1) is 0 Å². The van der Waals surface area contributed by atoms with Crippen LogP contribution in [0.4, 0.5) is 0 Å². The van der Waals surface area contributed by atoms with E-state index in [4.69, 9.17) is 0 Å². The van der Waals surface area contributed by atoms with Crippen molar-refractivity contribution in [2.45, 2.75) is 34.3 Å². The number of hydrogen-bond acceptors (Lipinski definition) is 4. The van der Waals surface area contributed by atoms with E-state index in [1.807, 2.05) is 0 Å². The van der Waals surface area contributed by atoms with Crippen molar-refractivity contribution in [1.29, 1.82) is 0 Å². The average molecular weight is 449 g/mol. The summed E-state index contributed by atoms with van der Waals surface area (Å²) in [7, 11) is 0. The molecule has 0 nitrogen and oxygen atoms in total. The Labute approximate surface area is 189 Å². The molecule has 4 rings (SSSR count). The zero-order valence-electron chi connectivity index (χ0n) is 15.9. The van der Waals surface area contributed by atoms with E-state index in [1.54, 1.807) is 47.0 Å². The van der Waals surface area contributed by atoms with Gasteiger partial charge in [0.2, 0.25) is 0 Å². The highest BCUT2D eigenvalue weighted by atomic mass is 32.2. The summed E-state index contributed by atoms with van der Waals surface area (Å²) in [6.07, 6.45) is 2.11. The third kappa shape index (κ3) is 6.13. The van der Waals surface area contributed by atoms with Gasteiger partial charge >= 0.3 is 0 Å². The molecule has 0 bridgehead atoms. The first-order valence-corrected chi connectivity index (χ1v) is 12.9. The molecule has 0 N–H and O–H groups in total. The molecule has 0 amide bonds. The molecule has 0 radical (unpaired) electrons. The van der Waals surface area contributed by atoms with E-state index in [2.05, 4.69) is 109 Å². The fourth-order valence-corrected chi connectivity index (χ4v) is 5.57. The van der Waals surface area contributed by atoms with Gasteiger partial charge in [0, 0.05) is 34.3 Å². The van der Waals surface area contributed by atoms with Crippen LogP contribution in [-0.2, 0) is 0 Å². The minimum Gasteiger partial charge on any atom is -0.130 e. The fraction of sp³-hybridized carbons (Fsp3) is 0.0400. The highest BCUT2D eigenvalue weighted by Crippen LogP contribution is 2.34. The molecule has 29 heavy (non-hydrogen) atoms. The summed E-state index contributed by atoms with van der Waals surface area (Å²) in [6, 6.07) is 36.8. The molecule has 0 spiro atoms. The molecule has 0 saturated carbocycles. The van der Waals surface area contributed by atoms with Crippen molar-refractivity contribution in [3.63, 3.8) is 0 Å². The summed E-state index contributed by atoms with van der Waals surface area (Å²) < 4.78 is 0. The third-order valence-electron chi connectivity index (χ3n) is 4.16. The van der Waals surface area contributed by atoms with Gasteiger partial charge in [-0.3, -0.25) is 0 Å². The van der Waals surface area contributed by atoms with Gasteiger partial charge in [-0.25, -0.2) is 0 Å². The molecule has 0 aliphatic carbocycles. The van der Waals surface area contributed by atoms with E-state index in [-0.39, 0.29) is 0 Å². The Bertz CT molecular complexity index is 1020. The zero-order chi connectivity index (χ0) is 19.9. The first kappa shape index (κ1) is 20.5. The third-order valence-corrected chi connectivity index (χ3v) is 7.95. The molecule has 144 valence electrons. The molecular formula is C25H20S4. The van der Waals surface area contributed by atoms with E-state index in [1.165, 1.54) is 34.3 Å². The number of hydrogen-bond donors (Lipinski definition) is 0. The molecule has 4 aromatic carbocycles. The summed E-state index contributed by atoms with van der Waals surface area (Å²) >= 11 is 7.17. The molecule has 0 aliphatic rings. The summed E-state index contributed by atoms with van der Waals surface area (Å²) in [4.78, 5) is 8.89. The average Bonchev–Trinajstić information content (AvgIpc) is 2.78. The smallest absolute Gasteiger partial charge is 0.0123 e. The quantitative estimate of drug-likeness (QED) is 0.259. The van der Waals surface area contributed by atoms with Gasteiger partial charge in [-0.15, -0.1) is 11.8 Å². The number of benzene rings is 4. The van der Waals surface area contributed by atoms with Crippen molar-refractivity contribution in [1.82, 2.24) is 0 Å². The Morgan fingerprint density at radius 2 is 0.621 bits per heavy atom. The Kier molecular flexibility index (Phi) is 7.33. The summed E-state index contributed by atoms with van der Waals surface area (Å²) in [5, 5.41) is 0. The number of rotatable bonds is 7. The normalized spacial score (nSPS) is 10.8. The van der Waals surface area contributed by atoms with Gasteiger partial charge in [-0.05, 0) is 91.2 Å². The van der Waals surface area contributed by atoms with E-state index < -0.39 is 0 Å². The lowest BCUT2D eigenvalue weighted by Crippen LogP contribution is -1.78. The molecule has 0 unspecified atom stereocenters. The van der Waals surface area contributed by atoms with Crippen LogP contribution in [-0.4, -0.2) is 6.26 Å². The highest BCUT2D eigenvalue weighted by Gasteiger charge is 2.02. The predicted octanol–water partition coefficient (Wildman–Crippen LogP) is 8.86. The van der Waals surface area contributed by atoms with Gasteiger partial charge in [0.15, 0.2) is 0 Å². The molecule has 0 aromatic heterocycles. The minimum atomic E-state index is 1.26. The molecule has 4 heteroatoms. The van der Waals surface area contributed by atoms with Gasteiger partial charge in [-0.2, -0.15) is 0 Å². The maximum atomic E-state index is 2.20. The maximum Gasteiger partial charge on any atom is 0.0123 e. The van der Waals surface area contributed by atoms with E-state index in [9.17, 15) is 0 Å². The molecule has 0 heterocycles. The second-order valence-corrected chi connectivity index (χ2v) is 10.6. The van der Waals surface area contributed by atoms with Gasteiger partial charge in [0.05, 0.1) is 0 Å². The number of thioether (sulfide) groups is 1. The Balaban J connectivity index is 1.35. The van der Waals surface area contributed by atoms with Crippen LogP contribution in [0.1, 0.15) is 0 Å². The topological polar surface area (TPSA) is 0 Å².